The molecule has 8 rings (SSSR count). The van der Waals surface area contributed by atoms with E-state index < -0.39 is 8.24 Å². The molecular weight excluding hydrogens is 458 g/mol. The third-order valence-electron chi connectivity index (χ3n) is 7.34. The molecule has 5 nitrogen and oxygen atoms in total. The molecule has 1 unspecified atom stereocenters. The number of fused-ring (bicyclic) bond motifs is 8. The quantitative estimate of drug-likeness (QED) is 0.279. The molecule has 36 heavy (non-hydrogen) atoms. The van der Waals surface area contributed by atoms with E-state index in [-0.39, 0.29) is 0 Å². The van der Waals surface area contributed by atoms with Crippen LogP contribution in [-0.4, -0.2) is 32.4 Å². The highest BCUT2D eigenvalue weighted by molar-refractivity contribution is 7.12. The number of hydrogen-bond acceptors (Lipinski definition) is 4. The molecule has 6 heteroatoms. The highest BCUT2D eigenvalue weighted by Crippen LogP contribution is 2.34. The Morgan fingerprint density at radius 2 is 1.44 bits per heavy atom. The number of nitrogens with zero attached hydrogens (tertiary/aromatic N) is 5. The summed E-state index contributed by atoms with van der Waals surface area (Å²) in [5.41, 5.74) is 5.14. The molecule has 168 valence electrons. The van der Waals surface area contributed by atoms with E-state index in [0.717, 1.165) is 44.0 Å². The van der Waals surface area contributed by atoms with Gasteiger partial charge in [-0.05, 0) is 40.7 Å². The largest absolute Gasteiger partial charge is 0.337 e. The first-order valence-corrected chi connectivity index (χ1v) is 13.9. The summed E-state index contributed by atoms with van der Waals surface area (Å²) in [6.07, 6.45) is 5.70. The second kappa shape index (κ2) is 7.16. The average Bonchev–Trinajstić information content (AvgIpc) is 3.47. The van der Waals surface area contributed by atoms with Crippen LogP contribution in [0.25, 0.3) is 44.2 Å². The first kappa shape index (κ1) is 19.6. The number of imidazole rings is 1. The van der Waals surface area contributed by atoms with Gasteiger partial charge in [-0.3, -0.25) is 15.0 Å². The number of benzene rings is 3. The summed E-state index contributed by atoms with van der Waals surface area (Å²) in [6.45, 7) is 0. The third kappa shape index (κ3) is 2.43. The first-order chi connectivity index (χ1) is 17.9. The fourth-order valence-electron chi connectivity index (χ4n) is 5.85. The summed E-state index contributed by atoms with van der Waals surface area (Å²) in [6, 6.07) is 34.0. The minimum absolute atomic E-state index is 0.925. The van der Waals surface area contributed by atoms with Crippen molar-refractivity contribution in [2.45, 2.75) is 0 Å². The van der Waals surface area contributed by atoms with E-state index in [1.165, 1.54) is 15.9 Å². The molecule has 0 radical (unpaired) electrons. The van der Waals surface area contributed by atoms with Gasteiger partial charge in [0, 0.05) is 34.9 Å². The maximum atomic E-state index is 5.44. The average molecular weight is 478 g/mol. The third-order valence-corrected chi connectivity index (χ3v) is 11.8. The zero-order valence-electron chi connectivity index (χ0n) is 19.2. The Kier molecular flexibility index (Phi) is 3.90. The Morgan fingerprint density at radius 1 is 0.639 bits per heavy atom. The predicted molar refractivity (Wildman–Crippen MR) is 147 cm³/mol. The van der Waals surface area contributed by atoms with Gasteiger partial charge in [-0.15, -0.1) is 0 Å². The van der Waals surface area contributed by atoms with Gasteiger partial charge in [-0.1, -0.05) is 66.7 Å². The van der Waals surface area contributed by atoms with Crippen LogP contribution in [0.3, 0.4) is 0 Å². The van der Waals surface area contributed by atoms with Crippen LogP contribution in [0.2, 0.25) is 0 Å². The molecule has 0 bridgehead atoms. The molecule has 7 aromatic rings. The van der Waals surface area contributed by atoms with Crippen molar-refractivity contribution in [3.63, 3.8) is 0 Å². The lowest BCUT2D eigenvalue weighted by molar-refractivity contribution is 1.22. The first-order valence-electron chi connectivity index (χ1n) is 12.0. The van der Waals surface area contributed by atoms with Crippen molar-refractivity contribution in [2.24, 2.45) is 0 Å². The van der Waals surface area contributed by atoms with Crippen LogP contribution in [0.1, 0.15) is 0 Å². The molecule has 0 saturated carbocycles. The van der Waals surface area contributed by atoms with Crippen molar-refractivity contribution in [3.05, 3.63) is 116 Å². The Bertz CT molecular complexity index is 1960. The Labute approximate surface area is 207 Å². The molecule has 0 saturated heterocycles. The SMILES string of the molecule is c1cncc([Si]2(c3ccc4ccc5cccnc5c4n3)c3ccccc3-c3nc4ccccc4n32)c1. The second-order valence-electron chi connectivity index (χ2n) is 9.17. The normalized spacial score (nSPS) is 16.4. The summed E-state index contributed by atoms with van der Waals surface area (Å²) >= 11 is 0. The molecule has 5 heterocycles. The molecule has 4 aromatic heterocycles. The van der Waals surface area contributed by atoms with E-state index in [1.54, 1.807) is 0 Å². The molecule has 0 N–H and O–H groups in total. The molecule has 3 aromatic carbocycles. The van der Waals surface area contributed by atoms with Crippen LogP contribution >= 0.6 is 0 Å². The lowest BCUT2D eigenvalue weighted by atomic mass is 10.1. The lowest BCUT2D eigenvalue weighted by Crippen LogP contribution is -2.71. The number of para-hydroxylation sites is 2. The Hall–Kier alpha value is -4.68. The molecule has 1 aliphatic heterocycles. The van der Waals surface area contributed by atoms with Crippen molar-refractivity contribution in [1.82, 2.24) is 24.2 Å². The van der Waals surface area contributed by atoms with Gasteiger partial charge >= 0.3 is 0 Å². The molecule has 0 amide bonds. The lowest BCUT2D eigenvalue weighted by Gasteiger charge is -2.30. The topological polar surface area (TPSA) is 56.5 Å². The summed E-state index contributed by atoms with van der Waals surface area (Å²) in [4.78, 5) is 19.9. The maximum Gasteiger partial charge on any atom is 0.280 e. The van der Waals surface area contributed by atoms with Gasteiger partial charge in [0.15, 0.2) is 0 Å². The fourth-order valence-corrected chi connectivity index (χ4v) is 10.6. The number of hydrogen-bond donors (Lipinski definition) is 0. The van der Waals surface area contributed by atoms with E-state index in [1.807, 2.05) is 30.7 Å². The fraction of sp³-hybridized carbons (Fsp3) is 0. The van der Waals surface area contributed by atoms with E-state index in [0.29, 0.717) is 0 Å². The zero-order chi connectivity index (χ0) is 23.7. The summed E-state index contributed by atoms with van der Waals surface area (Å²) in [7, 11) is -2.89. The number of pyridine rings is 3. The number of rotatable bonds is 2. The molecule has 0 aliphatic carbocycles. The van der Waals surface area contributed by atoms with Gasteiger partial charge in [0.2, 0.25) is 0 Å². The molecule has 0 fully saturated rings. The van der Waals surface area contributed by atoms with Gasteiger partial charge in [0.25, 0.3) is 8.24 Å². The van der Waals surface area contributed by atoms with Gasteiger partial charge in [0.1, 0.15) is 5.82 Å². The molecule has 0 spiro atoms. The maximum absolute atomic E-state index is 5.44. The van der Waals surface area contributed by atoms with Crippen LogP contribution in [0.15, 0.2) is 116 Å². The van der Waals surface area contributed by atoms with E-state index >= 15 is 0 Å². The summed E-state index contributed by atoms with van der Waals surface area (Å²) in [5.74, 6) is 1.00. The highest BCUT2D eigenvalue weighted by Gasteiger charge is 2.52. The van der Waals surface area contributed by atoms with Crippen molar-refractivity contribution in [2.75, 3.05) is 0 Å². The van der Waals surface area contributed by atoms with Gasteiger partial charge in [-0.2, -0.15) is 0 Å². The van der Waals surface area contributed by atoms with E-state index in [2.05, 4.69) is 94.1 Å². The zero-order valence-corrected chi connectivity index (χ0v) is 20.2. The van der Waals surface area contributed by atoms with Crippen LogP contribution in [0.5, 0.6) is 0 Å². The van der Waals surface area contributed by atoms with E-state index in [9.17, 15) is 0 Å². The van der Waals surface area contributed by atoms with Gasteiger partial charge < -0.3 is 4.23 Å². The van der Waals surface area contributed by atoms with Crippen molar-refractivity contribution < 1.29 is 0 Å². The summed E-state index contributed by atoms with van der Waals surface area (Å²) in [5, 5.41) is 5.69. The van der Waals surface area contributed by atoms with Crippen LogP contribution in [-0.2, 0) is 0 Å². The second-order valence-corrected chi connectivity index (χ2v) is 12.7. The minimum Gasteiger partial charge on any atom is -0.337 e. The van der Waals surface area contributed by atoms with Crippen LogP contribution in [0.4, 0.5) is 0 Å². The molecular formula is C30H19N5Si. The van der Waals surface area contributed by atoms with Crippen LogP contribution in [0, 0.1) is 0 Å². The molecule has 1 aliphatic rings. The monoisotopic (exact) mass is 477 g/mol. The highest BCUT2D eigenvalue weighted by atomic mass is 28.3. The van der Waals surface area contributed by atoms with E-state index in [4.69, 9.17) is 15.0 Å². The van der Waals surface area contributed by atoms with Crippen LogP contribution < -0.4 is 15.7 Å². The van der Waals surface area contributed by atoms with Gasteiger partial charge in [0.05, 0.1) is 27.4 Å². The smallest absolute Gasteiger partial charge is 0.280 e. The number of aromatic nitrogens is 5. The van der Waals surface area contributed by atoms with Gasteiger partial charge in [-0.25, -0.2) is 4.98 Å². The Balaban J connectivity index is 1.58. The minimum atomic E-state index is -2.89. The van der Waals surface area contributed by atoms with Crippen molar-refractivity contribution in [1.29, 1.82) is 0 Å². The van der Waals surface area contributed by atoms with Crippen molar-refractivity contribution in [3.8, 4) is 11.4 Å². The standard InChI is InChI=1S/C30H19N5Si/c1-4-12-26-23(9-1)30-33-24-10-2-3-11-25(24)35(30)36(26,22-8-6-17-31-19-22)27-16-15-21-14-13-20-7-5-18-32-28(20)29(21)34-27/h1-19H. The molecule has 1 atom stereocenters. The predicted octanol–water partition coefficient (Wildman–Crippen LogP) is 4.02. The Morgan fingerprint density at radius 3 is 2.36 bits per heavy atom. The summed E-state index contributed by atoms with van der Waals surface area (Å²) < 4.78 is 2.48. The van der Waals surface area contributed by atoms with Crippen molar-refractivity contribution >= 4 is 56.8 Å².